The average Bonchev–Trinajstić information content (AvgIpc) is 3.08. The van der Waals surface area contributed by atoms with Crippen LogP contribution < -0.4 is 5.32 Å². The van der Waals surface area contributed by atoms with Crippen LogP contribution in [0.4, 0.5) is 0 Å². The number of hydrogen-bond donors (Lipinski definition) is 1. The highest BCUT2D eigenvalue weighted by atomic mass is 32.1. The number of benzene rings is 1. The van der Waals surface area contributed by atoms with E-state index in [1.807, 2.05) is 6.07 Å². The van der Waals surface area contributed by atoms with Crippen LogP contribution in [0.1, 0.15) is 54.1 Å². The minimum absolute atomic E-state index is 0.0185. The highest BCUT2D eigenvalue weighted by molar-refractivity contribution is 7.10. The summed E-state index contributed by atoms with van der Waals surface area (Å²) in [6.07, 6.45) is 5.72. The van der Waals surface area contributed by atoms with Crippen LogP contribution in [-0.2, 0) is 4.79 Å². The minimum Gasteiger partial charge on any atom is -0.344 e. The van der Waals surface area contributed by atoms with Crippen molar-refractivity contribution < 1.29 is 4.79 Å². The topological polar surface area (TPSA) is 29.1 Å². The zero-order valence-corrected chi connectivity index (χ0v) is 13.9. The molecular weight excluding hydrogens is 290 g/mol. The predicted molar refractivity (Wildman–Crippen MR) is 92.1 cm³/mol. The van der Waals surface area contributed by atoms with Crippen molar-refractivity contribution in [3.8, 4) is 0 Å². The first-order chi connectivity index (χ1) is 10.7. The molecule has 1 amide bonds. The number of aryl methyl sites for hydroxylation is 1. The highest BCUT2D eigenvalue weighted by Gasteiger charge is 2.25. The van der Waals surface area contributed by atoms with Crippen molar-refractivity contribution in [3.05, 3.63) is 57.8 Å². The molecule has 3 rings (SSSR count). The van der Waals surface area contributed by atoms with Crippen LogP contribution in [0.5, 0.6) is 0 Å². The van der Waals surface area contributed by atoms with Gasteiger partial charge >= 0.3 is 0 Å². The normalized spacial score (nSPS) is 17.1. The molecule has 116 valence electrons. The van der Waals surface area contributed by atoms with Gasteiger partial charge in [0.05, 0.1) is 6.04 Å². The average molecular weight is 313 g/mol. The van der Waals surface area contributed by atoms with E-state index in [-0.39, 0.29) is 17.9 Å². The molecule has 1 heterocycles. The van der Waals surface area contributed by atoms with Gasteiger partial charge in [0.25, 0.3) is 0 Å². The van der Waals surface area contributed by atoms with Crippen molar-refractivity contribution in [1.29, 1.82) is 0 Å². The lowest BCUT2D eigenvalue weighted by atomic mass is 9.88. The van der Waals surface area contributed by atoms with Gasteiger partial charge < -0.3 is 5.32 Å². The van der Waals surface area contributed by atoms with Crippen LogP contribution in [0, 0.1) is 12.8 Å². The van der Waals surface area contributed by atoms with Gasteiger partial charge in [-0.1, -0.05) is 55.2 Å². The van der Waals surface area contributed by atoms with E-state index in [1.54, 1.807) is 11.3 Å². The molecule has 22 heavy (non-hydrogen) atoms. The van der Waals surface area contributed by atoms with Crippen molar-refractivity contribution in [2.24, 2.45) is 5.92 Å². The Balaban J connectivity index is 1.79. The summed E-state index contributed by atoms with van der Waals surface area (Å²) in [5, 5.41) is 5.37. The maximum Gasteiger partial charge on any atom is 0.223 e. The Bertz CT molecular complexity index is 597. The number of amides is 1. The molecule has 1 aromatic carbocycles. The molecule has 0 unspecified atom stereocenters. The molecule has 0 aliphatic heterocycles. The Morgan fingerprint density at radius 2 is 1.86 bits per heavy atom. The van der Waals surface area contributed by atoms with E-state index in [0.717, 1.165) is 18.4 Å². The summed E-state index contributed by atoms with van der Waals surface area (Å²) < 4.78 is 0. The lowest BCUT2D eigenvalue weighted by molar-refractivity contribution is -0.126. The number of nitrogens with one attached hydrogen (secondary N) is 1. The minimum atomic E-state index is -0.0185. The Labute approximate surface area is 136 Å². The molecule has 0 saturated heterocycles. The van der Waals surface area contributed by atoms with E-state index < -0.39 is 0 Å². The fraction of sp³-hybridized carbons (Fsp3) is 0.421. The van der Waals surface area contributed by atoms with Crippen molar-refractivity contribution in [2.45, 2.75) is 45.1 Å². The van der Waals surface area contributed by atoms with Gasteiger partial charge in [-0.3, -0.25) is 4.79 Å². The summed E-state index contributed by atoms with van der Waals surface area (Å²) in [7, 11) is 0. The molecule has 1 fully saturated rings. The first kappa shape index (κ1) is 15.3. The standard InChI is InChI=1S/C19H23NOS/c1-14-9-11-15(12-10-14)18(17-8-5-13-22-17)20-19(21)16-6-3-2-4-7-16/h5,8-13,16,18H,2-4,6-7H2,1H3,(H,20,21)/t18-/m0/s1. The quantitative estimate of drug-likeness (QED) is 0.859. The van der Waals surface area contributed by atoms with Crippen molar-refractivity contribution in [3.63, 3.8) is 0 Å². The molecule has 0 radical (unpaired) electrons. The molecular formula is C19H23NOS. The molecule has 1 aromatic heterocycles. The largest absolute Gasteiger partial charge is 0.344 e. The van der Waals surface area contributed by atoms with Gasteiger partial charge in [0, 0.05) is 10.8 Å². The number of carbonyl (C=O) groups excluding carboxylic acids is 1. The maximum atomic E-state index is 12.6. The molecule has 1 N–H and O–H groups in total. The molecule has 0 bridgehead atoms. The van der Waals surface area contributed by atoms with E-state index in [9.17, 15) is 4.79 Å². The summed E-state index contributed by atoms with van der Waals surface area (Å²) >= 11 is 1.70. The number of rotatable bonds is 4. The van der Waals surface area contributed by atoms with Crippen LogP contribution in [0.3, 0.4) is 0 Å². The molecule has 1 atom stereocenters. The summed E-state index contributed by atoms with van der Waals surface area (Å²) in [6.45, 7) is 2.09. The molecule has 1 aliphatic rings. The SMILES string of the molecule is Cc1ccc([C@H](NC(=O)C2CCCCC2)c2cccs2)cc1. The zero-order chi connectivity index (χ0) is 15.4. The van der Waals surface area contributed by atoms with E-state index in [1.165, 1.54) is 29.7 Å². The summed E-state index contributed by atoms with van der Waals surface area (Å²) in [5.41, 5.74) is 2.41. The van der Waals surface area contributed by atoms with Gasteiger partial charge in [0.2, 0.25) is 5.91 Å². The first-order valence-electron chi connectivity index (χ1n) is 8.14. The molecule has 1 saturated carbocycles. The van der Waals surface area contributed by atoms with Crippen LogP contribution in [-0.4, -0.2) is 5.91 Å². The van der Waals surface area contributed by atoms with Crippen LogP contribution in [0.25, 0.3) is 0 Å². The van der Waals surface area contributed by atoms with Gasteiger partial charge in [-0.25, -0.2) is 0 Å². The lowest BCUT2D eigenvalue weighted by Crippen LogP contribution is -2.35. The second kappa shape index (κ2) is 7.10. The predicted octanol–water partition coefficient (Wildman–Crippen LogP) is 4.84. The third-order valence-electron chi connectivity index (χ3n) is 4.50. The number of hydrogen-bond acceptors (Lipinski definition) is 2. The lowest BCUT2D eigenvalue weighted by Gasteiger charge is -2.25. The fourth-order valence-corrected chi connectivity index (χ4v) is 3.96. The third kappa shape index (κ3) is 3.58. The number of carbonyl (C=O) groups is 1. The van der Waals surface area contributed by atoms with E-state index >= 15 is 0 Å². The second-order valence-corrected chi connectivity index (χ2v) is 7.18. The smallest absolute Gasteiger partial charge is 0.223 e. The van der Waals surface area contributed by atoms with Gasteiger partial charge in [-0.15, -0.1) is 11.3 Å². The number of thiophene rings is 1. The summed E-state index contributed by atoms with van der Waals surface area (Å²) in [4.78, 5) is 13.8. The van der Waals surface area contributed by atoms with Gasteiger partial charge in [-0.2, -0.15) is 0 Å². The molecule has 2 nitrogen and oxygen atoms in total. The second-order valence-electron chi connectivity index (χ2n) is 6.20. The van der Waals surface area contributed by atoms with Crippen LogP contribution in [0.2, 0.25) is 0 Å². The molecule has 1 aliphatic carbocycles. The highest BCUT2D eigenvalue weighted by Crippen LogP contribution is 2.29. The first-order valence-corrected chi connectivity index (χ1v) is 9.02. The molecule has 0 spiro atoms. The van der Waals surface area contributed by atoms with Gasteiger partial charge in [0.15, 0.2) is 0 Å². The van der Waals surface area contributed by atoms with E-state index in [0.29, 0.717) is 0 Å². The monoisotopic (exact) mass is 313 g/mol. The Hall–Kier alpha value is -1.61. The Morgan fingerprint density at radius 3 is 2.50 bits per heavy atom. The van der Waals surface area contributed by atoms with Crippen LogP contribution in [0.15, 0.2) is 41.8 Å². The van der Waals surface area contributed by atoms with Crippen molar-refractivity contribution in [2.75, 3.05) is 0 Å². The van der Waals surface area contributed by atoms with Crippen LogP contribution >= 0.6 is 11.3 Å². The van der Waals surface area contributed by atoms with Gasteiger partial charge in [-0.05, 0) is 36.8 Å². The molecule has 3 heteroatoms. The van der Waals surface area contributed by atoms with Gasteiger partial charge in [0.1, 0.15) is 0 Å². The van der Waals surface area contributed by atoms with Crippen molar-refractivity contribution >= 4 is 17.2 Å². The third-order valence-corrected chi connectivity index (χ3v) is 5.44. The maximum absolute atomic E-state index is 12.6. The Morgan fingerprint density at radius 1 is 1.14 bits per heavy atom. The zero-order valence-electron chi connectivity index (χ0n) is 13.0. The fourth-order valence-electron chi connectivity index (χ4n) is 3.16. The Kier molecular flexibility index (Phi) is 4.94. The van der Waals surface area contributed by atoms with Crippen molar-refractivity contribution in [1.82, 2.24) is 5.32 Å². The summed E-state index contributed by atoms with van der Waals surface area (Å²) in [5.74, 6) is 0.417. The van der Waals surface area contributed by atoms with E-state index in [4.69, 9.17) is 0 Å². The molecule has 2 aromatic rings. The summed E-state index contributed by atoms with van der Waals surface area (Å²) in [6, 6.07) is 12.6. The van der Waals surface area contributed by atoms with E-state index in [2.05, 4.69) is 48.0 Å².